The number of aliphatic hydroxyl groups excluding tert-OH is 1. The van der Waals surface area contributed by atoms with Crippen LogP contribution in [0.3, 0.4) is 0 Å². The van der Waals surface area contributed by atoms with Gasteiger partial charge in [-0.3, -0.25) is 18.9 Å². The zero-order valence-electron chi connectivity index (χ0n) is 23.1. The zero-order valence-corrected chi connectivity index (χ0v) is 25.8. The highest BCUT2D eigenvalue weighted by atomic mass is 31.3. The van der Waals surface area contributed by atoms with Gasteiger partial charge in [0.05, 0.1) is 29.6 Å². The van der Waals surface area contributed by atoms with E-state index in [1.165, 1.54) is 19.9 Å². The number of nitrogen functional groups attached to an aromatic ring is 1. The van der Waals surface area contributed by atoms with Crippen molar-refractivity contribution < 1.29 is 71.0 Å². The number of nitrogens with one attached hydrogen (secondary N) is 1. The average Bonchev–Trinajstić information content (AvgIpc) is 3.43. The van der Waals surface area contributed by atoms with E-state index in [0.717, 1.165) is 16.0 Å². The molecule has 0 aromatic carbocycles. The molecule has 0 bridgehead atoms. The Morgan fingerprint density at radius 1 is 1.14 bits per heavy atom. The second-order valence-corrected chi connectivity index (χ2v) is 15.1. The third-order valence-corrected chi connectivity index (χ3v) is 10.3. The summed E-state index contributed by atoms with van der Waals surface area (Å²) in [6.07, 6.45) is -4.32. The van der Waals surface area contributed by atoms with E-state index in [1.807, 2.05) is 0 Å². The first-order valence-electron chi connectivity index (χ1n) is 12.2. The topological polar surface area (TPSA) is 329 Å². The smallest absolute Gasteiger partial charge is 0.453 e. The lowest BCUT2D eigenvalue weighted by atomic mass is 9.96. The number of phosphoric acid groups is 3. The number of rotatable bonds is 10. The van der Waals surface area contributed by atoms with E-state index in [0.29, 0.717) is 0 Å². The van der Waals surface area contributed by atoms with Crippen LogP contribution in [0.15, 0.2) is 22.8 Å². The quantitative estimate of drug-likeness (QED) is 0.114. The normalized spacial score (nSPS) is 28.0. The monoisotopic (exact) mass is 690 g/mol. The van der Waals surface area contributed by atoms with Gasteiger partial charge in [0.25, 0.3) is 5.56 Å². The van der Waals surface area contributed by atoms with Gasteiger partial charge in [0.2, 0.25) is 5.95 Å². The second-order valence-electron chi connectivity index (χ2n) is 10.7. The number of nitrogens with zero attached hydrogens (tertiary/aromatic N) is 4. The van der Waals surface area contributed by atoms with Crippen molar-refractivity contribution in [2.75, 3.05) is 12.3 Å². The van der Waals surface area contributed by atoms with Crippen LogP contribution >= 0.6 is 23.5 Å². The maximum Gasteiger partial charge on any atom is 0.490 e. The van der Waals surface area contributed by atoms with Crippen LogP contribution < -0.4 is 11.3 Å². The van der Waals surface area contributed by atoms with Crippen molar-refractivity contribution in [3.8, 4) is 0 Å². The molecule has 1 saturated heterocycles. The molecule has 0 aliphatic carbocycles. The third-order valence-electron chi connectivity index (χ3n) is 6.55. The number of nitrogens with two attached hydrogens (primary N) is 1. The molecule has 0 spiro atoms. The van der Waals surface area contributed by atoms with E-state index in [1.54, 1.807) is 13.8 Å². The molecule has 44 heavy (non-hydrogen) atoms. The summed E-state index contributed by atoms with van der Waals surface area (Å²) in [6, 6.07) is 0. The van der Waals surface area contributed by atoms with E-state index in [4.69, 9.17) is 25.0 Å². The van der Waals surface area contributed by atoms with E-state index in [-0.39, 0.29) is 22.7 Å². The van der Waals surface area contributed by atoms with Gasteiger partial charge in [0.15, 0.2) is 23.5 Å². The van der Waals surface area contributed by atoms with Gasteiger partial charge in [-0.15, -0.1) is 0 Å². The van der Waals surface area contributed by atoms with Crippen molar-refractivity contribution in [2.45, 2.75) is 63.3 Å². The number of H-pyrrole nitrogens is 1. The van der Waals surface area contributed by atoms with Crippen LogP contribution in [0, 0.1) is 0 Å². The van der Waals surface area contributed by atoms with Gasteiger partial charge in [-0.05, 0) is 27.7 Å². The summed E-state index contributed by atoms with van der Waals surface area (Å²) >= 11 is 0. The van der Waals surface area contributed by atoms with Crippen LogP contribution in [-0.2, 0) is 41.1 Å². The van der Waals surface area contributed by atoms with Gasteiger partial charge in [-0.1, -0.05) is 6.08 Å². The molecule has 0 amide bonds. The summed E-state index contributed by atoms with van der Waals surface area (Å²) in [5.74, 6) is -1.37. The van der Waals surface area contributed by atoms with E-state index in [2.05, 4.69) is 28.1 Å². The Morgan fingerprint density at radius 3 is 2.34 bits per heavy atom. The Hall–Kier alpha value is -2.39. The number of anilines is 1. The highest BCUT2D eigenvalue weighted by Gasteiger charge is 2.53. The second kappa shape index (κ2) is 11.4. The summed E-state index contributed by atoms with van der Waals surface area (Å²) in [5.41, 5.74) is 2.14. The van der Waals surface area contributed by atoms with Crippen LogP contribution in [0.4, 0.5) is 5.95 Å². The Kier molecular flexibility index (Phi) is 8.97. The number of aromatic amines is 1. The zero-order chi connectivity index (χ0) is 33.2. The number of carbonyl (C=O) groups excluding carboxylic acids is 1. The molecular formula is C19H29N6O16P3. The predicted octanol–water partition coefficient (Wildman–Crippen LogP) is -0.596. The van der Waals surface area contributed by atoms with Crippen molar-refractivity contribution in [3.05, 3.63) is 28.3 Å². The maximum absolute atomic E-state index is 13.3. The molecule has 1 fully saturated rings. The summed E-state index contributed by atoms with van der Waals surface area (Å²) in [5, 5.41) is 22.7. The number of fused-ring (bicyclic) bond motifs is 1. The fraction of sp³-hybridized carbons (Fsp3) is 0.579. The Bertz CT molecular complexity index is 1700. The number of aromatic nitrogens is 4. The molecular weight excluding hydrogens is 661 g/mol. The molecule has 4 heterocycles. The number of hydrogen-bond donors (Lipinski definition) is 8. The number of aliphatic hydroxyl groups is 1. The lowest BCUT2D eigenvalue weighted by Crippen LogP contribution is -2.49. The average molecular weight is 690 g/mol. The minimum absolute atomic E-state index is 0.0404. The van der Waals surface area contributed by atoms with Crippen molar-refractivity contribution in [1.29, 1.82) is 0 Å². The van der Waals surface area contributed by atoms with Gasteiger partial charge in [0.1, 0.15) is 12.2 Å². The number of phosphoric ester groups is 1. The van der Waals surface area contributed by atoms with Crippen LogP contribution in [0.5, 0.6) is 0 Å². The van der Waals surface area contributed by atoms with E-state index >= 15 is 0 Å². The lowest BCUT2D eigenvalue weighted by molar-refractivity contribution is -0.189. The molecule has 0 saturated carbocycles. The Morgan fingerprint density at radius 2 is 1.77 bits per heavy atom. The molecule has 25 heteroatoms. The maximum atomic E-state index is 13.3. The molecule has 0 radical (unpaired) electrons. The number of hydrogen-bond acceptors (Lipinski definition) is 16. The molecule has 2 aliphatic heterocycles. The summed E-state index contributed by atoms with van der Waals surface area (Å²) in [7, 11) is -17.2. The van der Waals surface area contributed by atoms with Crippen molar-refractivity contribution in [3.63, 3.8) is 0 Å². The lowest BCUT2D eigenvalue weighted by Gasteiger charge is -2.35. The molecule has 2 unspecified atom stereocenters. The van der Waals surface area contributed by atoms with Crippen LogP contribution in [-0.4, -0.2) is 96.4 Å². The molecule has 4 rings (SSSR count). The first-order valence-corrected chi connectivity index (χ1v) is 16.7. The fourth-order valence-corrected chi connectivity index (χ4v) is 7.78. The molecule has 246 valence electrons. The molecule has 9 N–H and O–H groups in total. The van der Waals surface area contributed by atoms with Crippen molar-refractivity contribution in [2.24, 2.45) is 0 Å². The van der Waals surface area contributed by atoms with Crippen molar-refractivity contribution >= 4 is 46.5 Å². The van der Waals surface area contributed by atoms with Gasteiger partial charge in [0, 0.05) is 0 Å². The number of esters is 1. The highest BCUT2D eigenvalue weighted by Crippen LogP contribution is 2.66. The Labute approximate surface area is 246 Å². The minimum Gasteiger partial charge on any atom is -0.453 e. The van der Waals surface area contributed by atoms with Gasteiger partial charge in [-0.2, -0.15) is 18.7 Å². The first kappa shape index (κ1) is 34.5. The molecule has 2 aromatic heterocycles. The highest BCUT2D eigenvalue weighted by molar-refractivity contribution is 7.66. The summed E-state index contributed by atoms with van der Waals surface area (Å²) in [6.45, 7) is 5.12. The predicted molar refractivity (Wildman–Crippen MR) is 142 cm³/mol. The van der Waals surface area contributed by atoms with Crippen LogP contribution in [0.2, 0.25) is 0 Å². The third kappa shape index (κ3) is 7.04. The first-order chi connectivity index (χ1) is 19.9. The minimum atomic E-state index is -5.86. The largest absolute Gasteiger partial charge is 0.490 e. The summed E-state index contributed by atoms with van der Waals surface area (Å²) < 4.78 is 59.3. The molecule has 2 aromatic rings. The number of ether oxygens (including phenoxy) is 2. The SMILES string of the molecule is CC1(C)C=C(C(=O)O[C@H]2[C@@H](O)[C@H](n3cnc4c(=O)[nH]c(N)nc43)O[C@@H]2COP(=O)(O)OP(=O)(O)OP(=O)(O)O)C(C)(C)N1O. The van der Waals surface area contributed by atoms with Gasteiger partial charge >= 0.3 is 29.4 Å². The van der Waals surface area contributed by atoms with E-state index < -0.39 is 77.2 Å². The molecule has 6 atom stereocenters. The standard InChI is InChI=1S/C19H29N6O16P3/c1-18(2)5-8(19(3,4)25(18)29)16(28)39-12-9(6-37-43(33,34)41-44(35,36)40-42(30,31)32)38-15(11(12)26)24-7-21-10-13(24)22-17(20)23-14(10)27/h5,7,9,11-12,15,26,29H,6H2,1-4H3,(H,33,34)(H,35,36)(H2,30,31,32)(H3,20,22,23,27)/t9-,11-,12-,15-/m1/s1. The van der Waals surface area contributed by atoms with Crippen LogP contribution in [0.25, 0.3) is 11.2 Å². The number of hydroxylamine groups is 2. The number of carbonyl (C=O) groups is 1. The van der Waals surface area contributed by atoms with Gasteiger partial charge < -0.3 is 45.1 Å². The molecule has 2 aliphatic rings. The summed E-state index contributed by atoms with van der Waals surface area (Å²) in [4.78, 5) is 72.4. The van der Waals surface area contributed by atoms with Crippen molar-refractivity contribution in [1.82, 2.24) is 24.6 Å². The Balaban J connectivity index is 1.64. The van der Waals surface area contributed by atoms with E-state index in [9.17, 15) is 43.4 Å². The van der Waals surface area contributed by atoms with Crippen LogP contribution in [0.1, 0.15) is 33.9 Å². The fourth-order valence-electron chi connectivity index (χ4n) is 4.75. The number of imidazole rings is 1. The van der Waals surface area contributed by atoms with Gasteiger partial charge in [-0.25, -0.2) is 23.5 Å². The molecule has 22 nitrogen and oxygen atoms in total.